The zero-order valence-corrected chi connectivity index (χ0v) is 26.3. The van der Waals surface area contributed by atoms with Crippen LogP contribution in [0.1, 0.15) is 31.9 Å². The van der Waals surface area contributed by atoms with E-state index in [2.05, 4.69) is 15.6 Å². The minimum Gasteiger partial charge on any atom is -0.497 e. The number of hydrogen-bond donors (Lipinski definition) is 3. The smallest absolute Gasteiger partial charge is 0.252 e. The highest BCUT2D eigenvalue weighted by Crippen LogP contribution is 2.30. The summed E-state index contributed by atoms with van der Waals surface area (Å²) < 4.78 is 12.6. The molecular formula is C29H40Cl2N6O5. The van der Waals surface area contributed by atoms with Crippen molar-refractivity contribution in [2.45, 2.75) is 44.5 Å². The Morgan fingerprint density at radius 3 is 2.19 bits per heavy atom. The van der Waals surface area contributed by atoms with Crippen LogP contribution in [0.5, 0.6) is 5.75 Å². The van der Waals surface area contributed by atoms with Crippen molar-refractivity contribution in [3.63, 3.8) is 0 Å². The van der Waals surface area contributed by atoms with Crippen molar-refractivity contribution in [3.8, 4) is 5.75 Å². The third-order valence-electron chi connectivity index (χ3n) is 6.43. The molecule has 0 radical (unpaired) electrons. The van der Waals surface area contributed by atoms with Gasteiger partial charge in [0.15, 0.2) is 5.82 Å². The van der Waals surface area contributed by atoms with Gasteiger partial charge < -0.3 is 35.3 Å². The van der Waals surface area contributed by atoms with Gasteiger partial charge in [-0.3, -0.25) is 14.4 Å². The van der Waals surface area contributed by atoms with E-state index < -0.39 is 28.9 Å². The molecule has 0 aliphatic rings. The largest absolute Gasteiger partial charge is 0.497 e. The average molecular weight is 624 g/mol. The maximum absolute atomic E-state index is 13.4. The molecule has 0 bridgehead atoms. The second-order valence-corrected chi connectivity index (χ2v) is 10.4. The number of methoxy groups -OCH3 is 1. The number of hydrogen-bond acceptors (Lipinski definition) is 7. The van der Waals surface area contributed by atoms with Gasteiger partial charge in [-0.1, -0.05) is 42.5 Å². The Morgan fingerprint density at radius 1 is 1.02 bits per heavy atom. The summed E-state index contributed by atoms with van der Waals surface area (Å²) in [4.78, 5) is 45.1. The van der Waals surface area contributed by atoms with Crippen LogP contribution < -0.4 is 21.1 Å². The van der Waals surface area contributed by atoms with Crippen LogP contribution in [-0.4, -0.2) is 71.6 Å². The highest BCUT2D eigenvalue weighted by Gasteiger charge is 2.39. The lowest BCUT2D eigenvalue weighted by Gasteiger charge is -2.33. The summed E-state index contributed by atoms with van der Waals surface area (Å²) in [7, 11) is 4.91. The van der Waals surface area contributed by atoms with Crippen LogP contribution in [0, 0.1) is 0 Å². The quantitative estimate of drug-likeness (QED) is 0.282. The van der Waals surface area contributed by atoms with E-state index in [1.54, 1.807) is 64.9 Å². The van der Waals surface area contributed by atoms with Crippen molar-refractivity contribution in [3.05, 3.63) is 78.2 Å². The molecule has 1 heterocycles. The van der Waals surface area contributed by atoms with E-state index in [0.717, 1.165) is 5.56 Å². The Labute approximate surface area is 259 Å². The molecule has 1 unspecified atom stereocenters. The number of benzene rings is 2. The molecule has 2 aromatic carbocycles. The molecule has 2 atom stereocenters. The number of likely N-dealkylation sites (N-methyl/N-ethyl adjacent to an activating group) is 1. The van der Waals surface area contributed by atoms with Crippen LogP contribution in [0.25, 0.3) is 0 Å². The molecule has 1 aromatic heterocycles. The van der Waals surface area contributed by atoms with Crippen molar-refractivity contribution in [2.24, 2.45) is 5.73 Å². The van der Waals surface area contributed by atoms with E-state index in [4.69, 9.17) is 15.2 Å². The number of imidazole rings is 1. The summed E-state index contributed by atoms with van der Waals surface area (Å²) in [6, 6.07) is 15.6. The van der Waals surface area contributed by atoms with Crippen LogP contribution in [0.4, 0.5) is 5.82 Å². The van der Waals surface area contributed by atoms with Gasteiger partial charge in [0.25, 0.3) is 11.8 Å². The summed E-state index contributed by atoms with van der Waals surface area (Å²) in [5.41, 5.74) is 5.19. The second kappa shape index (κ2) is 15.5. The molecule has 3 aromatic rings. The van der Waals surface area contributed by atoms with Gasteiger partial charge in [0.2, 0.25) is 5.91 Å². The number of carbonyl (C=O) groups is 3. The first kappa shape index (κ1) is 36.4. The van der Waals surface area contributed by atoms with Gasteiger partial charge >= 0.3 is 0 Å². The highest BCUT2D eigenvalue weighted by molar-refractivity contribution is 5.98. The fourth-order valence-corrected chi connectivity index (χ4v) is 3.98. The summed E-state index contributed by atoms with van der Waals surface area (Å²) >= 11 is 0. The van der Waals surface area contributed by atoms with Gasteiger partial charge in [-0.05, 0) is 44.0 Å². The summed E-state index contributed by atoms with van der Waals surface area (Å²) in [5.74, 6) is -0.389. The third-order valence-corrected chi connectivity index (χ3v) is 6.43. The molecule has 0 aliphatic heterocycles. The van der Waals surface area contributed by atoms with Gasteiger partial charge in [-0.25, -0.2) is 4.98 Å². The summed E-state index contributed by atoms with van der Waals surface area (Å²) in [5, 5.41) is 5.39. The monoisotopic (exact) mass is 622 g/mol. The first-order chi connectivity index (χ1) is 18.9. The van der Waals surface area contributed by atoms with E-state index in [0.29, 0.717) is 11.3 Å². The number of nitrogens with zero attached hydrogens (tertiary/aromatic N) is 3. The Hall–Kier alpha value is -3.64. The maximum atomic E-state index is 13.4. The fourth-order valence-electron chi connectivity index (χ4n) is 3.98. The van der Waals surface area contributed by atoms with E-state index in [-0.39, 0.29) is 49.8 Å². The molecule has 230 valence electrons. The number of amides is 3. The van der Waals surface area contributed by atoms with Crippen molar-refractivity contribution < 1.29 is 23.9 Å². The predicted octanol–water partition coefficient (Wildman–Crippen LogP) is 2.96. The van der Waals surface area contributed by atoms with Crippen LogP contribution in [0.15, 0.2) is 67.1 Å². The zero-order valence-electron chi connectivity index (χ0n) is 24.6. The van der Waals surface area contributed by atoms with Crippen LogP contribution in [0.3, 0.4) is 0 Å². The summed E-state index contributed by atoms with van der Waals surface area (Å²) in [6.07, 6.45) is 3.05. The molecule has 11 nitrogen and oxygen atoms in total. The van der Waals surface area contributed by atoms with Crippen molar-refractivity contribution >= 4 is 48.4 Å². The first-order valence-corrected chi connectivity index (χ1v) is 12.8. The number of aromatic nitrogens is 2. The predicted molar refractivity (Wildman–Crippen MR) is 166 cm³/mol. The molecule has 0 saturated carbocycles. The lowest BCUT2D eigenvalue weighted by atomic mass is 9.90. The number of nitrogens with two attached hydrogens (primary N) is 1. The Morgan fingerprint density at radius 2 is 1.64 bits per heavy atom. The minimum atomic E-state index is -1.20. The molecule has 4 N–H and O–H groups in total. The van der Waals surface area contributed by atoms with Crippen molar-refractivity contribution in [1.29, 1.82) is 0 Å². The van der Waals surface area contributed by atoms with Crippen LogP contribution in [-0.2, 0) is 31.3 Å². The van der Waals surface area contributed by atoms with Gasteiger partial charge in [0.1, 0.15) is 17.3 Å². The normalized spacial score (nSPS) is 12.9. The van der Waals surface area contributed by atoms with Gasteiger partial charge in [-0.15, -0.1) is 24.8 Å². The number of ether oxygens (including phenoxy) is 2. The summed E-state index contributed by atoms with van der Waals surface area (Å²) in [6.45, 7) is 5.03. The molecular weight excluding hydrogens is 583 g/mol. The average Bonchev–Trinajstić information content (AvgIpc) is 3.40. The third kappa shape index (κ3) is 8.93. The number of nitrogens with one attached hydrogen (secondary N) is 2. The number of carbonyl (C=O) groups excluding carboxylic acids is 3. The standard InChI is InChI=1S/C29H38N6O5.2ClH/c1-28(2,30)26(37)32-23(18-40-17-20-10-8-7-9-11-20)25(36)33-24-16-35(19-31-24)29(3,27(38)34(4)5)21-12-14-22(39-6)15-13-21;;/h7-16,19,23H,17-18,30H2,1-6H3,(H,32,37)(H,33,36);2*1H/t23-,29?;;/m1../s1. The molecule has 0 spiro atoms. The van der Waals surface area contributed by atoms with Gasteiger partial charge in [0.05, 0.1) is 32.2 Å². The number of halogens is 2. The first-order valence-electron chi connectivity index (χ1n) is 12.8. The minimum absolute atomic E-state index is 0. The zero-order chi connectivity index (χ0) is 29.5. The SMILES string of the molecule is COc1ccc(C(C)(C(=O)N(C)C)n2cnc(NC(=O)[C@@H](COCc3ccccc3)NC(=O)C(C)(C)N)c2)cc1.Cl.Cl. The Balaban J connectivity index is 0.00000441. The molecule has 0 saturated heterocycles. The van der Waals surface area contributed by atoms with Crippen LogP contribution >= 0.6 is 24.8 Å². The number of anilines is 1. The molecule has 13 heteroatoms. The number of rotatable bonds is 12. The van der Waals surface area contributed by atoms with E-state index >= 15 is 0 Å². The molecule has 3 amide bonds. The molecule has 0 fully saturated rings. The molecule has 0 aliphatic carbocycles. The second-order valence-electron chi connectivity index (χ2n) is 10.4. The highest BCUT2D eigenvalue weighted by atomic mass is 35.5. The maximum Gasteiger partial charge on any atom is 0.252 e. The Kier molecular flexibility index (Phi) is 13.5. The topological polar surface area (TPSA) is 141 Å². The fraction of sp³-hybridized carbons (Fsp3) is 0.379. The lowest BCUT2D eigenvalue weighted by Crippen LogP contribution is -2.56. The van der Waals surface area contributed by atoms with Crippen molar-refractivity contribution in [1.82, 2.24) is 19.8 Å². The molecule has 3 rings (SSSR count). The lowest BCUT2D eigenvalue weighted by molar-refractivity contribution is -0.135. The van der Waals surface area contributed by atoms with Crippen LogP contribution in [0.2, 0.25) is 0 Å². The van der Waals surface area contributed by atoms with E-state index in [1.807, 2.05) is 42.5 Å². The van der Waals surface area contributed by atoms with Gasteiger partial charge in [-0.2, -0.15) is 0 Å². The van der Waals surface area contributed by atoms with Gasteiger partial charge in [0, 0.05) is 20.3 Å². The van der Waals surface area contributed by atoms with E-state index in [1.165, 1.54) is 11.2 Å². The Bertz CT molecular complexity index is 1310. The molecule has 42 heavy (non-hydrogen) atoms. The van der Waals surface area contributed by atoms with Crippen molar-refractivity contribution in [2.75, 3.05) is 33.1 Å². The van der Waals surface area contributed by atoms with E-state index in [9.17, 15) is 14.4 Å².